The van der Waals surface area contributed by atoms with Crippen molar-refractivity contribution in [3.63, 3.8) is 0 Å². The van der Waals surface area contributed by atoms with Gasteiger partial charge in [0.2, 0.25) is 0 Å². The van der Waals surface area contributed by atoms with E-state index in [0.29, 0.717) is 4.64 Å². The van der Waals surface area contributed by atoms with E-state index in [9.17, 15) is 0 Å². The van der Waals surface area contributed by atoms with E-state index in [4.69, 9.17) is 12.2 Å². The molecule has 0 aliphatic rings. The maximum absolute atomic E-state index is 5.23. The molecule has 1 N–H and O–H groups in total. The molecule has 0 saturated heterocycles. The topological polar surface area (TPSA) is 28.7 Å². The summed E-state index contributed by atoms with van der Waals surface area (Å²) in [5.74, 6) is 0.974. The van der Waals surface area contributed by atoms with Crippen molar-refractivity contribution < 1.29 is 0 Å². The molecular weight excluding hydrogens is 240 g/mol. The van der Waals surface area contributed by atoms with Gasteiger partial charge in [0, 0.05) is 12.1 Å². The van der Waals surface area contributed by atoms with Crippen molar-refractivity contribution in [2.45, 2.75) is 33.1 Å². The SMILES string of the molecule is CCCc1nc(=S)cc(-c2cccc(CC)c2)[nH]1. The van der Waals surface area contributed by atoms with Gasteiger partial charge in [-0.2, -0.15) is 0 Å². The van der Waals surface area contributed by atoms with Crippen LogP contribution in [0, 0.1) is 4.64 Å². The quantitative estimate of drug-likeness (QED) is 0.827. The minimum Gasteiger partial charge on any atom is -0.343 e. The van der Waals surface area contributed by atoms with E-state index in [1.54, 1.807) is 0 Å². The molecule has 2 aromatic rings. The maximum atomic E-state index is 5.23. The number of aryl methyl sites for hydroxylation is 2. The van der Waals surface area contributed by atoms with E-state index < -0.39 is 0 Å². The fourth-order valence-corrected chi connectivity index (χ4v) is 2.21. The van der Waals surface area contributed by atoms with Crippen LogP contribution in [0.1, 0.15) is 31.7 Å². The molecule has 0 fully saturated rings. The van der Waals surface area contributed by atoms with Crippen LogP contribution in [0.3, 0.4) is 0 Å². The molecule has 0 atom stereocenters. The van der Waals surface area contributed by atoms with Gasteiger partial charge in [-0.05, 0) is 36.1 Å². The number of nitrogens with one attached hydrogen (secondary N) is 1. The lowest BCUT2D eigenvalue weighted by Gasteiger charge is -2.07. The molecule has 0 aliphatic heterocycles. The zero-order chi connectivity index (χ0) is 13.0. The van der Waals surface area contributed by atoms with E-state index in [2.05, 4.69) is 48.1 Å². The molecule has 94 valence electrons. The summed E-state index contributed by atoms with van der Waals surface area (Å²) >= 11 is 5.23. The summed E-state index contributed by atoms with van der Waals surface area (Å²) < 4.78 is 0.661. The molecule has 1 aromatic carbocycles. The van der Waals surface area contributed by atoms with Gasteiger partial charge in [-0.1, -0.05) is 44.3 Å². The number of aromatic amines is 1. The Hall–Kier alpha value is -1.48. The Morgan fingerprint density at radius 1 is 1.22 bits per heavy atom. The molecule has 2 nitrogen and oxygen atoms in total. The zero-order valence-electron chi connectivity index (χ0n) is 10.9. The first-order valence-electron chi connectivity index (χ1n) is 6.42. The molecule has 1 aromatic heterocycles. The normalized spacial score (nSPS) is 10.6. The first kappa shape index (κ1) is 13.0. The van der Waals surface area contributed by atoms with Crippen molar-refractivity contribution in [1.29, 1.82) is 0 Å². The minimum atomic E-state index is 0.661. The van der Waals surface area contributed by atoms with Gasteiger partial charge < -0.3 is 4.98 Å². The second-order valence-corrected chi connectivity index (χ2v) is 4.80. The van der Waals surface area contributed by atoms with Gasteiger partial charge in [0.05, 0.1) is 0 Å². The van der Waals surface area contributed by atoms with Gasteiger partial charge in [0.15, 0.2) is 0 Å². The zero-order valence-corrected chi connectivity index (χ0v) is 11.7. The van der Waals surface area contributed by atoms with Crippen molar-refractivity contribution in [1.82, 2.24) is 9.97 Å². The van der Waals surface area contributed by atoms with E-state index in [-0.39, 0.29) is 0 Å². The first-order valence-corrected chi connectivity index (χ1v) is 6.83. The number of hydrogen-bond donors (Lipinski definition) is 1. The number of nitrogens with zero attached hydrogens (tertiary/aromatic N) is 1. The molecule has 0 aliphatic carbocycles. The molecule has 0 radical (unpaired) electrons. The van der Waals surface area contributed by atoms with Crippen LogP contribution in [0.5, 0.6) is 0 Å². The van der Waals surface area contributed by atoms with Crippen LogP contribution < -0.4 is 0 Å². The third kappa shape index (κ3) is 3.05. The number of benzene rings is 1. The van der Waals surface area contributed by atoms with Gasteiger partial charge in [-0.25, -0.2) is 4.98 Å². The number of hydrogen-bond acceptors (Lipinski definition) is 2. The van der Waals surface area contributed by atoms with Crippen LogP contribution >= 0.6 is 12.2 Å². The van der Waals surface area contributed by atoms with Gasteiger partial charge in [0.1, 0.15) is 10.5 Å². The molecule has 0 bridgehead atoms. The summed E-state index contributed by atoms with van der Waals surface area (Å²) in [6.45, 7) is 4.30. The fraction of sp³-hybridized carbons (Fsp3) is 0.333. The highest BCUT2D eigenvalue weighted by Gasteiger charge is 2.02. The highest BCUT2D eigenvalue weighted by Crippen LogP contribution is 2.19. The summed E-state index contributed by atoms with van der Waals surface area (Å²) in [6.07, 6.45) is 3.04. The molecule has 0 saturated carbocycles. The number of rotatable bonds is 4. The second-order valence-electron chi connectivity index (χ2n) is 4.38. The van der Waals surface area contributed by atoms with Crippen molar-refractivity contribution in [3.8, 4) is 11.3 Å². The minimum absolute atomic E-state index is 0.661. The summed E-state index contributed by atoms with van der Waals surface area (Å²) in [6, 6.07) is 10.5. The Balaban J connectivity index is 2.45. The molecule has 1 heterocycles. The third-order valence-electron chi connectivity index (χ3n) is 2.92. The van der Waals surface area contributed by atoms with Crippen LogP contribution in [0.2, 0.25) is 0 Å². The number of H-pyrrole nitrogens is 1. The average Bonchev–Trinajstić information content (AvgIpc) is 2.38. The van der Waals surface area contributed by atoms with Crippen LogP contribution in [0.4, 0.5) is 0 Å². The van der Waals surface area contributed by atoms with E-state index in [1.807, 2.05) is 6.07 Å². The molecule has 2 rings (SSSR count). The lowest BCUT2D eigenvalue weighted by molar-refractivity contribution is 0.833. The Morgan fingerprint density at radius 2 is 2.06 bits per heavy atom. The van der Waals surface area contributed by atoms with Gasteiger partial charge in [-0.15, -0.1) is 0 Å². The molecule has 0 unspecified atom stereocenters. The average molecular weight is 258 g/mol. The number of aromatic nitrogens is 2. The second kappa shape index (κ2) is 5.91. The monoisotopic (exact) mass is 258 g/mol. The Morgan fingerprint density at radius 3 is 2.78 bits per heavy atom. The lowest BCUT2D eigenvalue weighted by Crippen LogP contribution is -1.97. The van der Waals surface area contributed by atoms with Crippen molar-refractivity contribution >= 4 is 12.2 Å². The molecule has 3 heteroatoms. The standard InChI is InChI=1S/C15H18N2S/c1-3-6-14-16-13(10-15(18)17-14)12-8-5-7-11(4-2)9-12/h5,7-10H,3-4,6H2,1-2H3,(H,16,17,18). The predicted molar refractivity (Wildman–Crippen MR) is 78.2 cm³/mol. The van der Waals surface area contributed by atoms with E-state index in [0.717, 1.165) is 30.8 Å². The molecule has 18 heavy (non-hydrogen) atoms. The Bertz CT molecular complexity index is 587. The van der Waals surface area contributed by atoms with Crippen molar-refractivity contribution in [3.05, 3.63) is 46.4 Å². The summed E-state index contributed by atoms with van der Waals surface area (Å²) in [5, 5.41) is 0. The van der Waals surface area contributed by atoms with Gasteiger partial charge in [0.25, 0.3) is 0 Å². The largest absolute Gasteiger partial charge is 0.343 e. The lowest BCUT2D eigenvalue weighted by atomic mass is 10.1. The maximum Gasteiger partial charge on any atom is 0.130 e. The van der Waals surface area contributed by atoms with Crippen molar-refractivity contribution in [2.75, 3.05) is 0 Å². The highest BCUT2D eigenvalue weighted by molar-refractivity contribution is 7.71. The molecule has 0 amide bonds. The highest BCUT2D eigenvalue weighted by atomic mass is 32.1. The summed E-state index contributed by atoms with van der Waals surface area (Å²) in [4.78, 5) is 7.73. The van der Waals surface area contributed by atoms with Crippen LogP contribution in [-0.4, -0.2) is 9.97 Å². The third-order valence-corrected chi connectivity index (χ3v) is 3.13. The van der Waals surface area contributed by atoms with E-state index in [1.165, 1.54) is 11.1 Å². The molecule has 0 spiro atoms. The predicted octanol–water partition coefficient (Wildman–Crippen LogP) is 4.32. The fourth-order valence-electron chi connectivity index (χ4n) is 1.98. The van der Waals surface area contributed by atoms with Gasteiger partial charge in [-0.3, -0.25) is 0 Å². The first-order chi connectivity index (χ1) is 8.72. The summed E-state index contributed by atoms with van der Waals surface area (Å²) in [7, 11) is 0. The summed E-state index contributed by atoms with van der Waals surface area (Å²) in [5.41, 5.74) is 3.58. The molecular formula is C15H18N2S. The van der Waals surface area contributed by atoms with E-state index >= 15 is 0 Å². The van der Waals surface area contributed by atoms with Crippen LogP contribution in [0.25, 0.3) is 11.3 Å². The Labute approximate surface area is 113 Å². The Kier molecular flexibility index (Phi) is 4.26. The smallest absolute Gasteiger partial charge is 0.130 e. The van der Waals surface area contributed by atoms with Crippen molar-refractivity contribution in [2.24, 2.45) is 0 Å². The van der Waals surface area contributed by atoms with Crippen LogP contribution in [-0.2, 0) is 12.8 Å². The van der Waals surface area contributed by atoms with Gasteiger partial charge >= 0.3 is 0 Å². The van der Waals surface area contributed by atoms with Crippen LogP contribution in [0.15, 0.2) is 30.3 Å².